The lowest BCUT2D eigenvalue weighted by Crippen LogP contribution is -2.36. The Bertz CT molecular complexity index is 1290. The second-order valence-electron chi connectivity index (χ2n) is 6.94. The molecule has 0 spiro atoms. The van der Waals surface area contributed by atoms with Crippen molar-refractivity contribution >= 4 is 29.4 Å². The maximum atomic E-state index is 14.0. The minimum Gasteiger partial charge on any atom is -0.425 e. The largest absolute Gasteiger partial charge is 0.425 e. The molecule has 0 aliphatic carbocycles. The number of nitrogens with zero attached hydrogens (tertiary/aromatic N) is 2. The van der Waals surface area contributed by atoms with Crippen molar-refractivity contribution in [2.45, 2.75) is 0 Å². The Kier molecular flexibility index (Phi) is 5.60. The Morgan fingerprint density at radius 1 is 0.969 bits per heavy atom. The van der Waals surface area contributed by atoms with Crippen molar-refractivity contribution in [2.24, 2.45) is 0 Å². The molecule has 0 saturated carbocycles. The van der Waals surface area contributed by atoms with E-state index in [4.69, 9.17) is 4.74 Å². The zero-order valence-corrected chi connectivity index (χ0v) is 16.6. The standard InChI is InChI=1S/C25H15FN2O4/c26-22-11-4-3-8-19(22)17(14-27)12-16-6-5-7-18(13-16)32-23(29)15-28-24(30)20-9-1-2-10-21(20)25(28)31/h1-13H,15H2/b17-12-. The fraction of sp³-hybridized carbons (Fsp3) is 0.0400. The molecule has 0 aromatic heterocycles. The summed E-state index contributed by atoms with van der Waals surface area (Å²) in [4.78, 5) is 38.0. The number of fused-ring (bicyclic) bond motifs is 1. The second-order valence-corrected chi connectivity index (χ2v) is 6.94. The molecule has 0 unspecified atom stereocenters. The summed E-state index contributed by atoms with van der Waals surface area (Å²) in [5.74, 6) is -2.27. The number of halogens is 1. The lowest BCUT2D eigenvalue weighted by atomic mass is 10.0. The van der Waals surface area contributed by atoms with Gasteiger partial charge >= 0.3 is 5.97 Å². The van der Waals surface area contributed by atoms with Gasteiger partial charge < -0.3 is 4.74 Å². The van der Waals surface area contributed by atoms with Crippen LogP contribution in [0.4, 0.5) is 4.39 Å². The van der Waals surface area contributed by atoms with Crippen LogP contribution in [0, 0.1) is 17.1 Å². The maximum Gasteiger partial charge on any atom is 0.331 e. The Morgan fingerprint density at radius 2 is 1.62 bits per heavy atom. The molecule has 0 bridgehead atoms. The molecule has 1 heterocycles. The first-order chi connectivity index (χ1) is 15.5. The first-order valence-corrected chi connectivity index (χ1v) is 9.60. The Morgan fingerprint density at radius 3 is 2.28 bits per heavy atom. The highest BCUT2D eigenvalue weighted by Gasteiger charge is 2.36. The Balaban J connectivity index is 1.49. The van der Waals surface area contributed by atoms with Crippen LogP contribution in [0.25, 0.3) is 11.6 Å². The van der Waals surface area contributed by atoms with Gasteiger partial charge in [0.15, 0.2) is 0 Å². The number of imide groups is 1. The molecule has 7 heteroatoms. The van der Waals surface area contributed by atoms with Crippen LogP contribution in [0.15, 0.2) is 72.8 Å². The normalized spacial score (nSPS) is 13.0. The summed E-state index contributed by atoms with van der Waals surface area (Å²) in [7, 11) is 0. The molecule has 0 radical (unpaired) electrons. The fourth-order valence-corrected chi connectivity index (χ4v) is 3.36. The summed E-state index contributed by atoms with van der Waals surface area (Å²) in [5, 5.41) is 9.42. The van der Waals surface area contributed by atoms with Crippen molar-refractivity contribution in [3.05, 3.63) is 101 Å². The molecule has 1 aliphatic heterocycles. The van der Waals surface area contributed by atoms with E-state index < -0.39 is 30.1 Å². The van der Waals surface area contributed by atoms with Gasteiger partial charge in [-0.05, 0) is 42.0 Å². The summed E-state index contributed by atoms with van der Waals surface area (Å²) in [6, 6.07) is 20.5. The molecule has 3 aromatic rings. The number of nitriles is 1. The van der Waals surface area contributed by atoms with Crippen LogP contribution in [-0.4, -0.2) is 29.2 Å². The van der Waals surface area contributed by atoms with Crippen molar-refractivity contribution in [2.75, 3.05) is 6.54 Å². The highest BCUT2D eigenvalue weighted by atomic mass is 19.1. The lowest BCUT2D eigenvalue weighted by molar-refractivity contribution is -0.134. The van der Waals surface area contributed by atoms with E-state index in [1.165, 1.54) is 48.5 Å². The molecule has 4 rings (SSSR count). The Hall–Kier alpha value is -4.57. The first-order valence-electron chi connectivity index (χ1n) is 9.60. The summed E-state index contributed by atoms with van der Waals surface area (Å²) in [6.07, 6.45) is 1.47. The van der Waals surface area contributed by atoms with E-state index in [-0.39, 0.29) is 28.0 Å². The molecule has 3 aromatic carbocycles. The SMILES string of the molecule is N#C/C(=C/c1cccc(OC(=O)CN2C(=O)c3ccccc3C2=O)c1)c1ccccc1F. The molecule has 0 fully saturated rings. The van der Waals surface area contributed by atoms with Gasteiger partial charge in [-0.1, -0.05) is 42.5 Å². The fourth-order valence-electron chi connectivity index (χ4n) is 3.36. The van der Waals surface area contributed by atoms with E-state index in [2.05, 4.69) is 0 Å². The predicted molar refractivity (Wildman–Crippen MR) is 114 cm³/mol. The van der Waals surface area contributed by atoms with E-state index >= 15 is 0 Å². The summed E-state index contributed by atoms with van der Waals surface area (Å²) in [5.41, 5.74) is 1.26. The second kappa shape index (κ2) is 8.66. The molecule has 0 N–H and O–H groups in total. The third-order valence-electron chi connectivity index (χ3n) is 4.85. The van der Waals surface area contributed by atoms with Crippen LogP contribution in [0.2, 0.25) is 0 Å². The minimum absolute atomic E-state index is 0.109. The number of rotatable bonds is 5. The van der Waals surface area contributed by atoms with Crippen LogP contribution in [0.3, 0.4) is 0 Å². The van der Waals surface area contributed by atoms with Crippen LogP contribution in [-0.2, 0) is 4.79 Å². The van der Waals surface area contributed by atoms with Gasteiger partial charge in [0.2, 0.25) is 0 Å². The molecule has 156 valence electrons. The van der Waals surface area contributed by atoms with Crippen LogP contribution >= 0.6 is 0 Å². The number of amides is 2. The van der Waals surface area contributed by atoms with Crippen molar-refractivity contribution in [3.63, 3.8) is 0 Å². The van der Waals surface area contributed by atoms with Crippen molar-refractivity contribution in [1.29, 1.82) is 5.26 Å². The van der Waals surface area contributed by atoms with Gasteiger partial charge in [-0.2, -0.15) is 5.26 Å². The number of esters is 1. The quantitative estimate of drug-likeness (QED) is 0.202. The molecule has 6 nitrogen and oxygen atoms in total. The number of carbonyl (C=O) groups is 3. The molecule has 32 heavy (non-hydrogen) atoms. The zero-order valence-electron chi connectivity index (χ0n) is 16.6. The van der Waals surface area contributed by atoms with Crippen LogP contribution < -0.4 is 4.74 Å². The number of hydrogen-bond donors (Lipinski definition) is 0. The van der Waals surface area contributed by atoms with Crippen LogP contribution in [0.1, 0.15) is 31.8 Å². The van der Waals surface area contributed by atoms with Crippen molar-refractivity contribution in [1.82, 2.24) is 4.90 Å². The zero-order chi connectivity index (χ0) is 22.7. The molecule has 2 amide bonds. The molecule has 1 aliphatic rings. The van der Waals surface area contributed by atoms with Gasteiger partial charge in [0.25, 0.3) is 11.8 Å². The average molecular weight is 426 g/mol. The molecule has 0 atom stereocenters. The number of ether oxygens (including phenoxy) is 1. The molecule has 0 saturated heterocycles. The third-order valence-corrected chi connectivity index (χ3v) is 4.85. The van der Waals surface area contributed by atoms with Gasteiger partial charge in [-0.3, -0.25) is 14.5 Å². The molecular weight excluding hydrogens is 411 g/mol. The topological polar surface area (TPSA) is 87.5 Å². The number of carbonyl (C=O) groups excluding carboxylic acids is 3. The summed E-state index contributed by atoms with van der Waals surface area (Å²) in [6.45, 7) is -0.537. The van der Waals surface area contributed by atoms with Gasteiger partial charge in [0.05, 0.1) is 22.8 Å². The van der Waals surface area contributed by atoms with Gasteiger partial charge in [0.1, 0.15) is 18.1 Å². The summed E-state index contributed by atoms with van der Waals surface area (Å²) < 4.78 is 19.3. The van der Waals surface area contributed by atoms with Crippen LogP contribution in [0.5, 0.6) is 5.75 Å². The third kappa shape index (κ3) is 4.02. The number of allylic oxidation sites excluding steroid dienone is 1. The van der Waals surface area contributed by atoms with Gasteiger partial charge in [-0.15, -0.1) is 0 Å². The van der Waals surface area contributed by atoms with E-state index in [1.54, 1.807) is 30.3 Å². The summed E-state index contributed by atoms with van der Waals surface area (Å²) >= 11 is 0. The van der Waals surface area contributed by atoms with Crippen molar-refractivity contribution < 1.29 is 23.5 Å². The van der Waals surface area contributed by atoms with Crippen molar-refractivity contribution in [3.8, 4) is 11.8 Å². The first kappa shape index (κ1) is 20.7. The molecular formula is C25H15FN2O4. The van der Waals surface area contributed by atoms with E-state index in [9.17, 15) is 24.0 Å². The maximum absolute atomic E-state index is 14.0. The van der Waals surface area contributed by atoms with Gasteiger partial charge in [0, 0.05) is 5.56 Å². The smallest absolute Gasteiger partial charge is 0.331 e. The minimum atomic E-state index is -0.796. The highest BCUT2D eigenvalue weighted by molar-refractivity contribution is 6.22. The Labute approximate surface area is 182 Å². The van der Waals surface area contributed by atoms with E-state index in [0.717, 1.165) is 4.90 Å². The van der Waals surface area contributed by atoms with E-state index in [1.807, 2.05) is 6.07 Å². The number of benzene rings is 3. The predicted octanol–water partition coefficient (Wildman–Crippen LogP) is 4.09. The van der Waals surface area contributed by atoms with Gasteiger partial charge in [-0.25, -0.2) is 9.18 Å². The lowest BCUT2D eigenvalue weighted by Gasteiger charge is -2.13. The monoisotopic (exact) mass is 426 g/mol. The highest BCUT2D eigenvalue weighted by Crippen LogP contribution is 2.24. The number of hydrogen-bond acceptors (Lipinski definition) is 5. The average Bonchev–Trinajstić information content (AvgIpc) is 3.03. The van der Waals surface area contributed by atoms with E-state index in [0.29, 0.717) is 5.56 Å².